The molecule has 1 saturated heterocycles. The maximum atomic E-state index is 12.5. The van der Waals surface area contributed by atoms with Gasteiger partial charge in [0.05, 0.1) is 0 Å². The summed E-state index contributed by atoms with van der Waals surface area (Å²) in [5.74, 6) is -0.923. The maximum Gasteiger partial charge on any atom is 0.327 e. The molecule has 5 nitrogen and oxygen atoms in total. The van der Waals surface area contributed by atoms with Crippen molar-refractivity contribution in [1.82, 2.24) is 9.80 Å². The molecule has 1 aliphatic rings. The average molecular weight is 268 g/mol. The van der Waals surface area contributed by atoms with Crippen LogP contribution in [0.3, 0.4) is 0 Å². The average Bonchev–Trinajstić information content (AvgIpc) is 2.33. The molecule has 0 aromatic carbocycles. The molecule has 19 heavy (non-hydrogen) atoms. The second kappa shape index (κ2) is 6.08. The smallest absolute Gasteiger partial charge is 0.327 e. The molecule has 1 rings (SSSR count). The third-order valence-electron chi connectivity index (χ3n) is 3.75. The van der Waals surface area contributed by atoms with Gasteiger partial charge in [-0.3, -0.25) is 0 Å². The van der Waals surface area contributed by atoms with Crippen molar-refractivity contribution >= 4 is 12.0 Å². The predicted octanol–water partition coefficient (Wildman–Crippen LogP) is 2.19. The van der Waals surface area contributed by atoms with Crippen molar-refractivity contribution in [3.8, 4) is 0 Å². The molecular formula is C14H24N2O3. The van der Waals surface area contributed by atoms with Gasteiger partial charge >= 0.3 is 12.0 Å². The number of rotatable bonds is 4. The molecular weight excluding hydrogens is 244 g/mol. The number of hydrogen-bond donors (Lipinski definition) is 1. The summed E-state index contributed by atoms with van der Waals surface area (Å²) in [5.41, 5.74) is -0.396. The van der Waals surface area contributed by atoms with E-state index in [1.54, 1.807) is 11.0 Å². The highest BCUT2D eigenvalue weighted by atomic mass is 16.4. The minimum absolute atomic E-state index is 0.206. The molecule has 0 bridgehead atoms. The van der Waals surface area contributed by atoms with Gasteiger partial charge < -0.3 is 14.9 Å². The number of carbonyl (C=O) groups is 2. The van der Waals surface area contributed by atoms with E-state index in [1.165, 1.54) is 4.90 Å². The first-order chi connectivity index (χ1) is 8.85. The summed E-state index contributed by atoms with van der Waals surface area (Å²) in [4.78, 5) is 27.1. The van der Waals surface area contributed by atoms with Crippen LogP contribution >= 0.6 is 0 Å². The number of nitrogens with zero attached hydrogens (tertiary/aromatic N) is 2. The SMILES string of the molecule is C=CCN(CC)C(=O)N1CCCC(C)(C)C1C(=O)O. The molecule has 0 aromatic rings. The van der Waals surface area contributed by atoms with Crippen LogP contribution in [0.5, 0.6) is 0 Å². The van der Waals surface area contributed by atoms with E-state index in [1.807, 2.05) is 20.8 Å². The first-order valence-electron chi connectivity index (χ1n) is 6.74. The Balaban J connectivity index is 2.98. The topological polar surface area (TPSA) is 60.9 Å². The van der Waals surface area contributed by atoms with E-state index in [0.29, 0.717) is 19.6 Å². The van der Waals surface area contributed by atoms with E-state index in [-0.39, 0.29) is 6.03 Å². The van der Waals surface area contributed by atoms with E-state index in [2.05, 4.69) is 6.58 Å². The van der Waals surface area contributed by atoms with Gasteiger partial charge in [0.15, 0.2) is 0 Å². The van der Waals surface area contributed by atoms with Gasteiger partial charge in [-0.1, -0.05) is 19.9 Å². The van der Waals surface area contributed by atoms with Crippen LogP contribution in [-0.2, 0) is 4.79 Å². The van der Waals surface area contributed by atoms with Crippen molar-refractivity contribution in [2.75, 3.05) is 19.6 Å². The molecule has 1 N–H and O–H groups in total. The van der Waals surface area contributed by atoms with E-state index in [9.17, 15) is 14.7 Å². The summed E-state index contributed by atoms with van der Waals surface area (Å²) in [6, 6.07) is -0.963. The predicted molar refractivity (Wildman–Crippen MR) is 74.0 cm³/mol. The Hall–Kier alpha value is -1.52. The van der Waals surface area contributed by atoms with Crippen LogP contribution in [0.4, 0.5) is 4.79 Å². The number of carbonyl (C=O) groups excluding carboxylic acids is 1. The Bertz CT molecular complexity index is 366. The van der Waals surface area contributed by atoms with Crippen molar-refractivity contribution in [2.24, 2.45) is 5.41 Å². The summed E-state index contributed by atoms with van der Waals surface area (Å²) in [7, 11) is 0. The lowest BCUT2D eigenvalue weighted by Gasteiger charge is -2.45. The zero-order valence-electron chi connectivity index (χ0n) is 12.1. The number of likely N-dealkylation sites (tertiary alicyclic amines) is 1. The molecule has 0 spiro atoms. The molecule has 1 aliphatic heterocycles. The number of likely N-dealkylation sites (N-methyl/N-ethyl adjacent to an activating group) is 1. The molecule has 0 aromatic heterocycles. The molecule has 2 amide bonds. The van der Waals surface area contributed by atoms with Gasteiger partial charge in [0.1, 0.15) is 6.04 Å². The highest BCUT2D eigenvalue weighted by Crippen LogP contribution is 2.35. The normalized spacial score (nSPS) is 21.8. The van der Waals surface area contributed by atoms with Gasteiger partial charge in [0, 0.05) is 19.6 Å². The maximum absolute atomic E-state index is 12.5. The fourth-order valence-corrected chi connectivity index (χ4v) is 2.75. The fourth-order valence-electron chi connectivity index (χ4n) is 2.75. The number of hydrogen-bond acceptors (Lipinski definition) is 2. The van der Waals surface area contributed by atoms with Gasteiger partial charge in [-0.25, -0.2) is 9.59 Å². The number of urea groups is 1. The van der Waals surface area contributed by atoms with Crippen molar-refractivity contribution in [1.29, 1.82) is 0 Å². The first kappa shape index (κ1) is 15.5. The Kier molecular flexibility index (Phi) is 4.97. The molecule has 5 heteroatoms. The second-order valence-electron chi connectivity index (χ2n) is 5.64. The summed E-state index contributed by atoms with van der Waals surface area (Å²) >= 11 is 0. The quantitative estimate of drug-likeness (QED) is 0.795. The zero-order valence-corrected chi connectivity index (χ0v) is 12.1. The number of piperidine rings is 1. The minimum Gasteiger partial charge on any atom is -0.480 e. The Labute approximate surface area is 114 Å². The number of amides is 2. The van der Waals surface area contributed by atoms with E-state index >= 15 is 0 Å². The molecule has 108 valence electrons. The van der Waals surface area contributed by atoms with Crippen molar-refractivity contribution in [2.45, 2.75) is 39.7 Å². The van der Waals surface area contributed by atoms with Gasteiger partial charge in [0.2, 0.25) is 0 Å². The second-order valence-corrected chi connectivity index (χ2v) is 5.64. The molecule has 1 atom stereocenters. The first-order valence-corrected chi connectivity index (χ1v) is 6.74. The van der Waals surface area contributed by atoms with Crippen molar-refractivity contribution in [3.63, 3.8) is 0 Å². The zero-order chi connectivity index (χ0) is 14.6. The monoisotopic (exact) mass is 268 g/mol. The number of carboxylic acids is 1. The Morgan fingerprint density at radius 2 is 2.16 bits per heavy atom. The standard InChI is InChI=1S/C14H24N2O3/c1-5-9-15(6-2)13(19)16-10-7-8-14(3,4)11(16)12(17)18/h5,11H,1,6-10H2,2-4H3,(H,17,18). The van der Waals surface area contributed by atoms with Crippen molar-refractivity contribution < 1.29 is 14.7 Å². The Morgan fingerprint density at radius 1 is 1.53 bits per heavy atom. The lowest BCUT2D eigenvalue weighted by Crippen LogP contribution is -2.59. The van der Waals surface area contributed by atoms with Crippen LogP contribution < -0.4 is 0 Å². The molecule has 1 heterocycles. The van der Waals surface area contributed by atoms with E-state index in [4.69, 9.17) is 0 Å². The summed E-state index contributed by atoms with van der Waals surface area (Å²) < 4.78 is 0. The molecule has 1 fully saturated rings. The largest absolute Gasteiger partial charge is 0.480 e. The summed E-state index contributed by atoms with van der Waals surface area (Å²) in [6.07, 6.45) is 3.32. The van der Waals surface area contributed by atoms with Gasteiger partial charge in [-0.05, 0) is 25.2 Å². The van der Waals surface area contributed by atoms with E-state index in [0.717, 1.165) is 12.8 Å². The van der Waals surface area contributed by atoms with Crippen LogP contribution in [0.2, 0.25) is 0 Å². The summed E-state index contributed by atoms with van der Waals surface area (Å²) in [6.45, 7) is 10.8. The lowest BCUT2D eigenvalue weighted by atomic mass is 9.76. The van der Waals surface area contributed by atoms with Gasteiger partial charge in [-0.15, -0.1) is 6.58 Å². The highest BCUT2D eigenvalue weighted by molar-refractivity contribution is 5.83. The molecule has 0 aliphatic carbocycles. The van der Waals surface area contributed by atoms with Gasteiger partial charge in [0.25, 0.3) is 0 Å². The highest BCUT2D eigenvalue weighted by Gasteiger charge is 2.45. The minimum atomic E-state index is -0.923. The van der Waals surface area contributed by atoms with Crippen LogP contribution in [0, 0.1) is 5.41 Å². The van der Waals surface area contributed by atoms with Gasteiger partial charge in [-0.2, -0.15) is 0 Å². The molecule has 0 saturated carbocycles. The van der Waals surface area contributed by atoms with Crippen LogP contribution in [0.25, 0.3) is 0 Å². The van der Waals surface area contributed by atoms with Crippen molar-refractivity contribution in [3.05, 3.63) is 12.7 Å². The number of carboxylic acid groups (broad SMARTS) is 1. The third-order valence-corrected chi connectivity index (χ3v) is 3.75. The molecule has 1 unspecified atom stereocenters. The lowest BCUT2D eigenvalue weighted by molar-refractivity contribution is -0.148. The van der Waals surface area contributed by atoms with E-state index < -0.39 is 17.4 Å². The third kappa shape index (κ3) is 3.28. The fraction of sp³-hybridized carbons (Fsp3) is 0.714. The van der Waals surface area contributed by atoms with Crippen LogP contribution in [-0.4, -0.2) is 52.6 Å². The number of aliphatic carboxylic acids is 1. The Morgan fingerprint density at radius 3 is 2.63 bits per heavy atom. The van der Waals surface area contributed by atoms with Crippen LogP contribution in [0.1, 0.15) is 33.6 Å². The molecule has 0 radical (unpaired) electrons. The van der Waals surface area contributed by atoms with Crippen LogP contribution in [0.15, 0.2) is 12.7 Å². The summed E-state index contributed by atoms with van der Waals surface area (Å²) in [5, 5.41) is 9.44.